The molecular weight excluding hydrogens is 426 g/mol. The Morgan fingerprint density at radius 3 is 2.28 bits per heavy atom. The highest BCUT2D eigenvalue weighted by Crippen LogP contribution is 2.53. The number of amides is 1. The van der Waals surface area contributed by atoms with Crippen LogP contribution in [0.2, 0.25) is 0 Å². The maximum Gasteiger partial charge on any atom is 0.341 e. The highest BCUT2D eigenvalue weighted by atomic mass is 32.1. The van der Waals surface area contributed by atoms with Crippen molar-refractivity contribution in [3.8, 4) is 11.1 Å². The second-order valence-electron chi connectivity index (χ2n) is 9.22. The number of thiophene rings is 1. The summed E-state index contributed by atoms with van der Waals surface area (Å²) in [7, 11) is 1.32. The number of nitrogens with one attached hydrogen (secondary N) is 1. The van der Waals surface area contributed by atoms with Crippen LogP contribution in [0.4, 0.5) is 5.00 Å². The van der Waals surface area contributed by atoms with E-state index >= 15 is 0 Å². The number of methoxy groups -OCH3 is 1. The van der Waals surface area contributed by atoms with Crippen LogP contribution in [-0.2, 0) is 14.3 Å². The van der Waals surface area contributed by atoms with Crippen LogP contribution in [-0.4, -0.2) is 30.1 Å². The molecule has 0 spiro atoms. The van der Waals surface area contributed by atoms with Gasteiger partial charge in [-0.1, -0.05) is 38.1 Å². The summed E-state index contributed by atoms with van der Waals surface area (Å²) in [6.45, 7) is 6.16. The first-order chi connectivity index (χ1) is 15.2. The number of carboxylic acids is 1. The van der Waals surface area contributed by atoms with Crippen LogP contribution < -0.4 is 5.32 Å². The van der Waals surface area contributed by atoms with Crippen LogP contribution in [0.15, 0.2) is 24.3 Å². The van der Waals surface area contributed by atoms with Gasteiger partial charge in [-0.05, 0) is 55.1 Å². The first-order valence-corrected chi connectivity index (χ1v) is 11.9. The quantitative estimate of drug-likeness (QED) is 0.575. The fraction of sp³-hybridized carbons (Fsp3) is 0.480. The molecule has 170 valence electrons. The molecule has 0 radical (unpaired) electrons. The standard InChI is InChI=1S/C25H29NO5S/c1-12(2)14-5-7-15(8-6-14)18-13(3)32-23(21(18)25(30)31-4)26-22(27)19-16-9-10-17(11-16)20(19)24(28)29/h5-8,12,16-17,19-20H,9-11H2,1-4H3,(H,26,27)(H,28,29)/t16-,17+,19+,20+/m1/s1. The van der Waals surface area contributed by atoms with E-state index in [1.807, 2.05) is 31.2 Å². The van der Waals surface area contributed by atoms with E-state index in [1.54, 1.807) is 0 Å². The number of esters is 1. The van der Waals surface area contributed by atoms with Crippen molar-refractivity contribution in [2.45, 2.75) is 46.0 Å². The Hall–Kier alpha value is -2.67. The van der Waals surface area contributed by atoms with Crippen molar-refractivity contribution in [1.29, 1.82) is 0 Å². The predicted octanol–water partition coefficient (Wildman–Crippen LogP) is 5.32. The predicted molar refractivity (Wildman–Crippen MR) is 124 cm³/mol. The molecule has 2 aliphatic rings. The molecule has 4 atom stereocenters. The molecule has 2 N–H and O–H groups in total. The molecule has 2 fully saturated rings. The van der Waals surface area contributed by atoms with Gasteiger partial charge in [-0.3, -0.25) is 9.59 Å². The maximum absolute atomic E-state index is 13.2. The number of carbonyl (C=O) groups excluding carboxylic acids is 2. The average molecular weight is 456 g/mol. The summed E-state index contributed by atoms with van der Waals surface area (Å²) >= 11 is 1.33. The summed E-state index contributed by atoms with van der Waals surface area (Å²) < 4.78 is 5.05. The van der Waals surface area contributed by atoms with Gasteiger partial charge in [0, 0.05) is 10.4 Å². The molecule has 0 aliphatic heterocycles. The molecule has 0 saturated heterocycles. The van der Waals surface area contributed by atoms with E-state index in [0.29, 0.717) is 16.5 Å². The summed E-state index contributed by atoms with van der Waals surface area (Å²) in [5.41, 5.74) is 3.16. The molecule has 6 nitrogen and oxygen atoms in total. The van der Waals surface area contributed by atoms with E-state index in [1.165, 1.54) is 24.0 Å². The Balaban J connectivity index is 1.69. The van der Waals surface area contributed by atoms with Crippen LogP contribution in [0, 0.1) is 30.6 Å². The minimum Gasteiger partial charge on any atom is -0.481 e. The molecule has 1 amide bonds. The third-order valence-electron chi connectivity index (χ3n) is 7.08. The van der Waals surface area contributed by atoms with Gasteiger partial charge in [0.05, 0.1) is 18.9 Å². The molecule has 7 heteroatoms. The van der Waals surface area contributed by atoms with Crippen molar-refractivity contribution < 1.29 is 24.2 Å². The monoisotopic (exact) mass is 455 g/mol. The fourth-order valence-electron chi connectivity index (χ4n) is 5.53. The lowest BCUT2D eigenvalue weighted by Crippen LogP contribution is -2.37. The molecule has 0 unspecified atom stereocenters. The maximum atomic E-state index is 13.2. The Morgan fingerprint density at radius 1 is 1.09 bits per heavy atom. The lowest BCUT2D eigenvalue weighted by molar-refractivity contribution is -0.148. The number of hydrogen-bond donors (Lipinski definition) is 2. The van der Waals surface area contributed by atoms with Gasteiger partial charge in [0.25, 0.3) is 0 Å². The van der Waals surface area contributed by atoms with Crippen molar-refractivity contribution in [3.05, 3.63) is 40.3 Å². The molecule has 2 saturated carbocycles. The SMILES string of the molecule is COC(=O)c1c(NC(=O)[C@H]2[C@@H]3CC[C@@H](C3)[C@@H]2C(=O)O)sc(C)c1-c1ccc(C(C)C)cc1. The summed E-state index contributed by atoms with van der Waals surface area (Å²) in [6, 6.07) is 8.06. The lowest BCUT2D eigenvalue weighted by atomic mass is 9.78. The third kappa shape index (κ3) is 3.83. The van der Waals surface area contributed by atoms with Gasteiger partial charge >= 0.3 is 11.9 Å². The van der Waals surface area contributed by atoms with E-state index < -0.39 is 23.8 Å². The molecular formula is C25H29NO5S. The topological polar surface area (TPSA) is 92.7 Å². The van der Waals surface area contributed by atoms with Crippen LogP contribution in [0.3, 0.4) is 0 Å². The highest BCUT2D eigenvalue weighted by Gasteiger charge is 2.54. The number of fused-ring (bicyclic) bond motifs is 2. The number of anilines is 1. The second kappa shape index (κ2) is 8.70. The van der Waals surface area contributed by atoms with Crippen LogP contribution >= 0.6 is 11.3 Å². The van der Waals surface area contributed by atoms with Crippen molar-refractivity contribution in [1.82, 2.24) is 0 Å². The molecule has 2 bridgehead atoms. The molecule has 1 aromatic heterocycles. The fourth-order valence-corrected chi connectivity index (χ4v) is 6.60. The van der Waals surface area contributed by atoms with E-state index in [-0.39, 0.29) is 17.7 Å². The van der Waals surface area contributed by atoms with Crippen LogP contribution in [0.1, 0.15) is 59.8 Å². The average Bonchev–Trinajstić information content (AvgIpc) is 3.46. The smallest absolute Gasteiger partial charge is 0.341 e. The molecule has 2 aromatic rings. The number of rotatable bonds is 6. The Morgan fingerprint density at radius 2 is 1.72 bits per heavy atom. The van der Waals surface area contributed by atoms with Gasteiger partial charge in [0.15, 0.2) is 0 Å². The summed E-state index contributed by atoms with van der Waals surface area (Å²) in [4.78, 5) is 38.7. The Bertz CT molecular complexity index is 1060. The number of carbonyl (C=O) groups is 3. The minimum atomic E-state index is -0.904. The van der Waals surface area contributed by atoms with E-state index in [0.717, 1.165) is 35.3 Å². The number of hydrogen-bond acceptors (Lipinski definition) is 5. The van der Waals surface area contributed by atoms with Gasteiger partial charge in [0.2, 0.25) is 5.91 Å². The van der Waals surface area contributed by atoms with Crippen molar-refractivity contribution >= 4 is 34.2 Å². The highest BCUT2D eigenvalue weighted by molar-refractivity contribution is 7.17. The molecule has 2 aliphatic carbocycles. The van der Waals surface area contributed by atoms with Gasteiger partial charge in [-0.25, -0.2) is 4.79 Å². The number of benzene rings is 1. The minimum absolute atomic E-state index is 0.0634. The number of ether oxygens (including phenoxy) is 1. The zero-order valence-corrected chi connectivity index (χ0v) is 19.6. The van der Waals surface area contributed by atoms with Crippen molar-refractivity contribution in [2.24, 2.45) is 23.7 Å². The van der Waals surface area contributed by atoms with Crippen molar-refractivity contribution in [3.63, 3.8) is 0 Å². The van der Waals surface area contributed by atoms with E-state index in [2.05, 4.69) is 19.2 Å². The number of aryl methyl sites for hydroxylation is 1. The number of carboxylic acid groups (broad SMARTS) is 1. The Labute approximate surface area is 192 Å². The zero-order chi connectivity index (χ0) is 23.2. The summed E-state index contributed by atoms with van der Waals surface area (Å²) in [5, 5.41) is 13.0. The van der Waals surface area contributed by atoms with Gasteiger partial charge in [-0.15, -0.1) is 11.3 Å². The lowest BCUT2D eigenvalue weighted by Gasteiger charge is -2.26. The zero-order valence-electron chi connectivity index (χ0n) is 18.8. The summed E-state index contributed by atoms with van der Waals surface area (Å²) in [5.74, 6) is -2.40. The van der Waals surface area contributed by atoms with Crippen LogP contribution in [0.5, 0.6) is 0 Å². The largest absolute Gasteiger partial charge is 0.481 e. The first-order valence-electron chi connectivity index (χ1n) is 11.1. The van der Waals surface area contributed by atoms with Crippen LogP contribution in [0.25, 0.3) is 11.1 Å². The molecule has 1 aromatic carbocycles. The normalized spacial score (nSPS) is 24.0. The van der Waals surface area contributed by atoms with Gasteiger partial charge in [-0.2, -0.15) is 0 Å². The van der Waals surface area contributed by atoms with Gasteiger partial charge < -0.3 is 15.2 Å². The molecule has 4 rings (SSSR count). The Kier molecular flexibility index (Phi) is 6.12. The van der Waals surface area contributed by atoms with Gasteiger partial charge in [0.1, 0.15) is 10.6 Å². The second-order valence-corrected chi connectivity index (χ2v) is 10.4. The third-order valence-corrected chi connectivity index (χ3v) is 8.10. The summed E-state index contributed by atoms with van der Waals surface area (Å²) in [6.07, 6.45) is 2.54. The molecule has 32 heavy (non-hydrogen) atoms. The van der Waals surface area contributed by atoms with E-state index in [4.69, 9.17) is 4.74 Å². The van der Waals surface area contributed by atoms with E-state index in [9.17, 15) is 19.5 Å². The first kappa shape index (κ1) is 22.5. The molecule has 1 heterocycles. The number of aliphatic carboxylic acids is 1. The van der Waals surface area contributed by atoms with Crippen molar-refractivity contribution in [2.75, 3.05) is 12.4 Å².